The number of aliphatic hydroxyl groups is 1. The molecule has 7 nitrogen and oxygen atoms in total. The number of hydrogen-bond donors (Lipinski definition) is 3. The van der Waals surface area contributed by atoms with Gasteiger partial charge in [-0.05, 0) is 56.4 Å². The number of primary amides is 1. The smallest absolute Gasteiger partial charge is 0.317 e. The van der Waals surface area contributed by atoms with Gasteiger partial charge in [0.2, 0.25) is 5.88 Å². The van der Waals surface area contributed by atoms with Crippen molar-refractivity contribution in [1.29, 1.82) is 0 Å². The fourth-order valence-electron chi connectivity index (χ4n) is 4.27. The van der Waals surface area contributed by atoms with Crippen LogP contribution >= 0.6 is 0 Å². The Morgan fingerprint density at radius 3 is 2.55 bits per heavy atom. The van der Waals surface area contributed by atoms with Crippen molar-refractivity contribution >= 4 is 11.8 Å². The van der Waals surface area contributed by atoms with Crippen molar-refractivity contribution < 1.29 is 14.6 Å². The first-order valence-electron chi connectivity index (χ1n) is 10.6. The van der Waals surface area contributed by atoms with Gasteiger partial charge in [-0.2, -0.15) is 0 Å². The van der Waals surface area contributed by atoms with E-state index in [1.165, 1.54) is 24.0 Å². The van der Waals surface area contributed by atoms with Crippen LogP contribution in [0.1, 0.15) is 36.5 Å². The van der Waals surface area contributed by atoms with E-state index in [1.807, 2.05) is 44.2 Å². The number of aliphatic hydroxyl groups excluding tert-OH is 1. The van der Waals surface area contributed by atoms with E-state index in [2.05, 4.69) is 34.7 Å². The van der Waals surface area contributed by atoms with Gasteiger partial charge in [0.25, 0.3) is 0 Å². The molecule has 1 fully saturated rings. The summed E-state index contributed by atoms with van der Waals surface area (Å²) in [6.07, 6.45) is 3.14. The minimum absolute atomic E-state index is 0.102. The second-order valence-electron chi connectivity index (χ2n) is 7.98. The number of para-hydroxylation sites is 1. The summed E-state index contributed by atoms with van der Waals surface area (Å²) in [5.41, 5.74) is 9.72. The molecule has 1 heterocycles. The van der Waals surface area contributed by atoms with Crippen molar-refractivity contribution in [1.82, 2.24) is 9.78 Å². The monoisotopic (exact) mass is 420 g/mol. The van der Waals surface area contributed by atoms with Crippen LogP contribution in [0, 0.1) is 6.92 Å². The van der Waals surface area contributed by atoms with Gasteiger partial charge in [0.05, 0.1) is 24.0 Å². The van der Waals surface area contributed by atoms with Crippen LogP contribution in [0.15, 0.2) is 54.6 Å². The summed E-state index contributed by atoms with van der Waals surface area (Å²) in [7, 11) is 0. The summed E-state index contributed by atoms with van der Waals surface area (Å²) in [4.78, 5) is 11.1. The van der Waals surface area contributed by atoms with Crippen molar-refractivity contribution in [2.45, 2.75) is 44.6 Å². The van der Waals surface area contributed by atoms with Gasteiger partial charge in [-0.3, -0.25) is 5.32 Å². The van der Waals surface area contributed by atoms with Crippen molar-refractivity contribution in [3.05, 3.63) is 71.3 Å². The number of fused-ring (bicyclic) bond motifs is 2. The predicted octanol–water partition coefficient (Wildman–Crippen LogP) is 3.71. The zero-order chi connectivity index (χ0) is 22.0. The maximum atomic E-state index is 11.1. The fourth-order valence-corrected chi connectivity index (χ4v) is 4.27. The van der Waals surface area contributed by atoms with E-state index < -0.39 is 6.03 Å². The Hall–Kier alpha value is -3.32. The number of carbonyl (C=O) groups is 1. The van der Waals surface area contributed by atoms with E-state index in [4.69, 9.17) is 10.5 Å². The van der Waals surface area contributed by atoms with Crippen molar-refractivity contribution in [2.24, 2.45) is 5.73 Å². The summed E-state index contributed by atoms with van der Waals surface area (Å²) in [5, 5.41) is 16.8. The van der Waals surface area contributed by atoms with Crippen LogP contribution in [0.25, 0.3) is 5.69 Å². The number of nitrogens with one attached hydrogen (secondary N) is 1. The van der Waals surface area contributed by atoms with Crippen molar-refractivity contribution in [2.75, 3.05) is 11.9 Å². The second-order valence-corrected chi connectivity index (χ2v) is 7.98. The fraction of sp³-hybridized carbons (Fsp3) is 0.333. The first kappa shape index (κ1) is 20.9. The lowest BCUT2D eigenvalue weighted by molar-refractivity contribution is 0.146. The van der Waals surface area contributed by atoms with Crippen LogP contribution in [0.5, 0.6) is 5.88 Å². The van der Waals surface area contributed by atoms with Gasteiger partial charge in [0.15, 0.2) is 0 Å². The SMILES string of the molecule is CCOc1nn(-c2ccccc2)c(NC(N)=O)c1C.OC1Cc2ccccc2C12CC2. The Morgan fingerprint density at radius 2 is 1.90 bits per heavy atom. The highest BCUT2D eigenvalue weighted by atomic mass is 16.5. The molecular weight excluding hydrogens is 392 g/mol. The molecule has 2 amide bonds. The van der Waals surface area contributed by atoms with Crippen LogP contribution in [-0.2, 0) is 11.8 Å². The molecule has 5 rings (SSSR count). The number of carbonyl (C=O) groups excluding carboxylic acids is 1. The highest BCUT2D eigenvalue weighted by Crippen LogP contribution is 2.56. The maximum Gasteiger partial charge on any atom is 0.317 e. The molecule has 1 aromatic heterocycles. The molecule has 0 aliphatic heterocycles. The minimum Gasteiger partial charge on any atom is -0.477 e. The Labute approximate surface area is 181 Å². The number of hydrogen-bond acceptors (Lipinski definition) is 4. The Bertz CT molecular complexity index is 1070. The van der Waals surface area contributed by atoms with Crippen LogP contribution in [-0.4, -0.2) is 33.6 Å². The van der Waals surface area contributed by atoms with Gasteiger partial charge < -0.3 is 15.6 Å². The largest absolute Gasteiger partial charge is 0.477 e. The highest BCUT2D eigenvalue weighted by molar-refractivity contribution is 5.88. The van der Waals surface area contributed by atoms with E-state index in [1.54, 1.807) is 4.68 Å². The van der Waals surface area contributed by atoms with Gasteiger partial charge in [-0.1, -0.05) is 42.5 Å². The molecule has 162 valence electrons. The summed E-state index contributed by atoms with van der Waals surface area (Å²) in [6, 6.07) is 17.3. The zero-order valence-corrected chi connectivity index (χ0v) is 17.8. The number of urea groups is 1. The van der Waals surface area contributed by atoms with Crippen LogP contribution in [0.4, 0.5) is 10.6 Å². The standard InChI is InChI=1S/C13H16N4O2.C11H12O/c1-3-19-12-9(2)11(15-13(14)18)17(16-12)10-7-5-4-6-8-10;12-10-7-8-3-1-2-4-9(8)11(10)5-6-11/h4-8H,3H2,1-2H3,(H3,14,15,18);1-4,10,12H,5-7H2. The second kappa shape index (κ2) is 8.43. The molecule has 2 aliphatic carbocycles. The molecule has 4 N–H and O–H groups in total. The first-order chi connectivity index (χ1) is 15.0. The lowest BCUT2D eigenvalue weighted by Gasteiger charge is -2.12. The molecule has 0 saturated heterocycles. The number of nitrogens with two attached hydrogens (primary N) is 1. The van der Waals surface area contributed by atoms with E-state index >= 15 is 0 Å². The molecule has 3 aromatic rings. The van der Waals surface area contributed by atoms with E-state index in [0.717, 1.165) is 17.7 Å². The number of ether oxygens (including phenoxy) is 1. The number of aromatic nitrogens is 2. The van der Waals surface area contributed by atoms with Crippen LogP contribution < -0.4 is 15.8 Å². The quantitative estimate of drug-likeness (QED) is 0.599. The molecule has 0 bridgehead atoms. The van der Waals surface area contributed by atoms with Gasteiger partial charge in [-0.15, -0.1) is 5.10 Å². The zero-order valence-electron chi connectivity index (χ0n) is 17.8. The molecule has 0 radical (unpaired) electrons. The van der Waals surface area contributed by atoms with Crippen molar-refractivity contribution in [3.63, 3.8) is 0 Å². The number of benzene rings is 2. The summed E-state index contributed by atoms with van der Waals surface area (Å²) >= 11 is 0. The molecule has 1 saturated carbocycles. The first-order valence-corrected chi connectivity index (χ1v) is 10.6. The van der Waals surface area contributed by atoms with Gasteiger partial charge in [-0.25, -0.2) is 9.48 Å². The van der Waals surface area contributed by atoms with E-state index in [-0.39, 0.29) is 11.5 Å². The molecule has 2 aromatic carbocycles. The molecule has 31 heavy (non-hydrogen) atoms. The van der Waals surface area contributed by atoms with Gasteiger partial charge >= 0.3 is 6.03 Å². The molecule has 1 spiro atoms. The Balaban J connectivity index is 0.000000163. The van der Waals surface area contributed by atoms with Crippen LogP contribution in [0.3, 0.4) is 0 Å². The normalized spacial score (nSPS) is 17.5. The number of nitrogens with zero attached hydrogens (tertiary/aromatic N) is 2. The molecule has 2 aliphatic rings. The summed E-state index contributed by atoms with van der Waals surface area (Å²) < 4.78 is 7.04. The average Bonchev–Trinajstić information content (AvgIpc) is 3.46. The topological polar surface area (TPSA) is 102 Å². The van der Waals surface area contributed by atoms with Gasteiger partial charge in [0.1, 0.15) is 5.82 Å². The predicted molar refractivity (Wildman–Crippen MR) is 120 cm³/mol. The molecule has 7 heteroatoms. The maximum absolute atomic E-state index is 11.1. The summed E-state index contributed by atoms with van der Waals surface area (Å²) in [5.74, 6) is 0.997. The van der Waals surface area contributed by atoms with E-state index in [0.29, 0.717) is 18.3 Å². The number of anilines is 1. The van der Waals surface area contributed by atoms with Crippen LogP contribution in [0.2, 0.25) is 0 Å². The third kappa shape index (κ3) is 4.01. The van der Waals surface area contributed by atoms with E-state index in [9.17, 15) is 9.90 Å². The Morgan fingerprint density at radius 1 is 1.23 bits per heavy atom. The minimum atomic E-state index is -0.636. The Kier molecular flexibility index (Phi) is 5.69. The summed E-state index contributed by atoms with van der Waals surface area (Å²) in [6.45, 7) is 4.20. The number of amides is 2. The van der Waals surface area contributed by atoms with Crippen molar-refractivity contribution in [3.8, 4) is 11.6 Å². The number of rotatable bonds is 4. The van der Waals surface area contributed by atoms with Gasteiger partial charge in [0, 0.05) is 5.41 Å². The average molecular weight is 421 g/mol. The lowest BCUT2D eigenvalue weighted by Crippen LogP contribution is -2.21. The molecular formula is C24H28N4O3. The third-order valence-electron chi connectivity index (χ3n) is 6.00. The highest BCUT2D eigenvalue weighted by Gasteiger charge is 2.54. The third-order valence-corrected chi connectivity index (χ3v) is 6.00. The molecule has 1 atom stereocenters. The molecule has 1 unspecified atom stereocenters. The lowest BCUT2D eigenvalue weighted by atomic mass is 9.97.